The summed E-state index contributed by atoms with van der Waals surface area (Å²) in [6.45, 7) is 6.58. The Morgan fingerprint density at radius 2 is 1.78 bits per heavy atom. The molecule has 0 aliphatic heterocycles. The van der Waals surface area contributed by atoms with E-state index in [1.807, 2.05) is 17.8 Å². The highest BCUT2D eigenvalue weighted by Crippen LogP contribution is 2.25. The molecule has 1 aromatic carbocycles. The number of nitrogens with zero attached hydrogens (tertiary/aromatic N) is 2. The minimum atomic E-state index is -0.0199. The maximum Gasteiger partial charge on any atom is 0.140 e. The third-order valence-corrected chi connectivity index (χ3v) is 3.10. The summed E-state index contributed by atoms with van der Waals surface area (Å²) in [5, 5.41) is 9.10. The van der Waals surface area contributed by atoms with Crippen LogP contribution in [-0.4, -0.2) is 14.7 Å². The summed E-state index contributed by atoms with van der Waals surface area (Å²) < 4.78 is 1.94. The number of hydrogen-bond acceptors (Lipinski definition) is 2. The lowest BCUT2D eigenvalue weighted by molar-refractivity contribution is 0.277. The SMILES string of the molecule is Cn1cc(CO)nc1-c1ccc(C(C)(C)C)cc1. The number of aliphatic hydroxyl groups is 1. The van der Waals surface area contributed by atoms with Gasteiger partial charge in [-0.05, 0) is 11.0 Å². The molecule has 2 rings (SSSR count). The maximum atomic E-state index is 9.10. The van der Waals surface area contributed by atoms with Crippen LogP contribution in [0.15, 0.2) is 30.5 Å². The fraction of sp³-hybridized carbons (Fsp3) is 0.400. The van der Waals surface area contributed by atoms with Crippen LogP contribution in [-0.2, 0) is 19.1 Å². The van der Waals surface area contributed by atoms with Crippen LogP contribution in [0.1, 0.15) is 32.0 Å². The molecule has 1 N–H and O–H groups in total. The van der Waals surface area contributed by atoms with Gasteiger partial charge in [-0.2, -0.15) is 0 Å². The van der Waals surface area contributed by atoms with Crippen molar-refractivity contribution in [1.29, 1.82) is 0 Å². The monoisotopic (exact) mass is 244 g/mol. The first kappa shape index (κ1) is 12.8. The molecule has 0 unspecified atom stereocenters. The molecule has 0 saturated heterocycles. The van der Waals surface area contributed by atoms with Gasteiger partial charge in [-0.1, -0.05) is 45.0 Å². The molecular formula is C15H20N2O. The minimum Gasteiger partial charge on any atom is -0.390 e. The van der Waals surface area contributed by atoms with Crippen LogP contribution in [0.3, 0.4) is 0 Å². The van der Waals surface area contributed by atoms with Gasteiger partial charge in [-0.25, -0.2) is 4.98 Å². The second-order valence-electron chi connectivity index (χ2n) is 5.65. The Labute approximate surface area is 108 Å². The third kappa shape index (κ3) is 2.46. The average molecular weight is 244 g/mol. The Morgan fingerprint density at radius 3 is 2.22 bits per heavy atom. The van der Waals surface area contributed by atoms with E-state index in [1.165, 1.54) is 5.56 Å². The number of aliphatic hydroxyl groups excluding tert-OH is 1. The van der Waals surface area contributed by atoms with E-state index >= 15 is 0 Å². The van der Waals surface area contributed by atoms with E-state index in [0.717, 1.165) is 11.4 Å². The summed E-state index contributed by atoms with van der Waals surface area (Å²) in [6.07, 6.45) is 1.85. The van der Waals surface area contributed by atoms with Crippen LogP contribution in [0, 0.1) is 0 Å². The summed E-state index contributed by atoms with van der Waals surface area (Å²) in [6, 6.07) is 8.46. The van der Waals surface area contributed by atoms with Crippen LogP contribution in [0.4, 0.5) is 0 Å². The molecule has 1 heterocycles. The molecule has 1 aromatic heterocycles. The highest BCUT2D eigenvalue weighted by molar-refractivity contribution is 5.56. The van der Waals surface area contributed by atoms with E-state index in [0.29, 0.717) is 5.69 Å². The highest BCUT2D eigenvalue weighted by atomic mass is 16.3. The van der Waals surface area contributed by atoms with Gasteiger partial charge in [0, 0.05) is 18.8 Å². The topological polar surface area (TPSA) is 38.0 Å². The Balaban J connectivity index is 2.37. The van der Waals surface area contributed by atoms with Gasteiger partial charge < -0.3 is 9.67 Å². The quantitative estimate of drug-likeness (QED) is 0.882. The predicted molar refractivity (Wildman–Crippen MR) is 73.3 cm³/mol. The first-order valence-corrected chi connectivity index (χ1v) is 6.16. The number of aryl methyl sites for hydroxylation is 1. The van der Waals surface area contributed by atoms with Gasteiger partial charge >= 0.3 is 0 Å². The number of benzene rings is 1. The number of rotatable bonds is 2. The zero-order valence-corrected chi connectivity index (χ0v) is 11.4. The molecule has 0 aliphatic rings. The molecule has 0 saturated carbocycles. The molecule has 18 heavy (non-hydrogen) atoms. The van der Waals surface area contributed by atoms with Crippen molar-refractivity contribution in [3.05, 3.63) is 41.7 Å². The van der Waals surface area contributed by atoms with Gasteiger partial charge in [-0.15, -0.1) is 0 Å². The van der Waals surface area contributed by atoms with Gasteiger partial charge in [-0.3, -0.25) is 0 Å². The fourth-order valence-corrected chi connectivity index (χ4v) is 1.99. The average Bonchev–Trinajstić information content (AvgIpc) is 2.70. The van der Waals surface area contributed by atoms with Crippen LogP contribution in [0.2, 0.25) is 0 Å². The zero-order chi connectivity index (χ0) is 13.3. The summed E-state index contributed by atoms with van der Waals surface area (Å²) in [5.74, 6) is 0.888. The van der Waals surface area contributed by atoms with E-state index in [1.54, 1.807) is 0 Å². The summed E-state index contributed by atoms with van der Waals surface area (Å²) >= 11 is 0. The lowest BCUT2D eigenvalue weighted by Gasteiger charge is -2.19. The Hall–Kier alpha value is -1.61. The van der Waals surface area contributed by atoms with Gasteiger partial charge in [0.15, 0.2) is 0 Å². The first-order valence-electron chi connectivity index (χ1n) is 6.16. The Bertz CT molecular complexity index is 533. The molecule has 96 valence electrons. The largest absolute Gasteiger partial charge is 0.390 e. The molecule has 2 aromatic rings. The molecule has 0 bridgehead atoms. The third-order valence-electron chi connectivity index (χ3n) is 3.10. The van der Waals surface area contributed by atoms with Gasteiger partial charge in [0.25, 0.3) is 0 Å². The van der Waals surface area contributed by atoms with Crippen molar-refractivity contribution < 1.29 is 5.11 Å². The van der Waals surface area contributed by atoms with Crippen molar-refractivity contribution in [2.75, 3.05) is 0 Å². The van der Waals surface area contributed by atoms with Crippen LogP contribution in [0.5, 0.6) is 0 Å². The summed E-state index contributed by atoms with van der Waals surface area (Å²) in [4.78, 5) is 4.40. The lowest BCUT2D eigenvalue weighted by Crippen LogP contribution is -2.10. The highest BCUT2D eigenvalue weighted by Gasteiger charge is 2.14. The van der Waals surface area contributed by atoms with Crippen LogP contribution < -0.4 is 0 Å². The Morgan fingerprint density at radius 1 is 1.17 bits per heavy atom. The smallest absolute Gasteiger partial charge is 0.140 e. The Kier molecular flexibility index (Phi) is 3.26. The van der Waals surface area contributed by atoms with Crippen molar-refractivity contribution in [2.24, 2.45) is 7.05 Å². The van der Waals surface area contributed by atoms with Gasteiger partial charge in [0.2, 0.25) is 0 Å². The fourth-order valence-electron chi connectivity index (χ4n) is 1.99. The zero-order valence-electron chi connectivity index (χ0n) is 11.4. The van der Waals surface area contributed by atoms with Crippen molar-refractivity contribution in [3.63, 3.8) is 0 Å². The molecule has 0 amide bonds. The normalized spacial score (nSPS) is 11.8. The molecule has 0 spiro atoms. The van der Waals surface area contributed by atoms with E-state index < -0.39 is 0 Å². The molecule has 0 aliphatic carbocycles. The predicted octanol–water partition coefficient (Wildman–Crippen LogP) is 2.88. The number of imidazole rings is 1. The van der Waals surface area contributed by atoms with Gasteiger partial charge in [0.1, 0.15) is 5.82 Å². The van der Waals surface area contributed by atoms with Crippen LogP contribution >= 0.6 is 0 Å². The first-order chi connectivity index (χ1) is 8.41. The van der Waals surface area contributed by atoms with Crippen molar-refractivity contribution >= 4 is 0 Å². The minimum absolute atomic E-state index is 0.0199. The van der Waals surface area contributed by atoms with Crippen molar-refractivity contribution in [1.82, 2.24) is 9.55 Å². The molecule has 0 atom stereocenters. The van der Waals surface area contributed by atoms with Crippen molar-refractivity contribution in [2.45, 2.75) is 32.8 Å². The standard InChI is InChI=1S/C15H20N2O/c1-15(2,3)12-7-5-11(6-8-12)14-16-13(10-18)9-17(14)4/h5-9,18H,10H2,1-4H3. The van der Waals surface area contributed by atoms with Crippen molar-refractivity contribution in [3.8, 4) is 11.4 Å². The maximum absolute atomic E-state index is 9.10. The molecule has 3 heteroatoms. The lowest BCUT2D eigenvalue weighted by atomic mass is 9.87. The molecular weight excluding hydrogens is 224 g/mol. The van der Waals surface area contributed by atoms with E-state index in [2.05, 4.69) is 50.0 Å². The van der Waals surface area contributed by atoms with Crippen LogP contribution in [0.25, 0.3) is 11.4 Å². The van der Waals surface area contributed by atoms with E-state index in [-0.39, 0.29) is 12.0 Å². The van der Waals surface area contributed by atoms with E-state index in [9.17, 15) is 0 Å². The second-order valence-corrected chi connectivity index (χ2v) is 5.65. The number of hydrogen-bond donors (Lipinski definition) is 1. The molecule has 0 fully saturated rings. The molecule has 0 radical (unpaired) electrons. The second kappa shape index (κ2) is 4.58. The molecule has 3 nitrogen and oxygen atoms in total. The summed E-state index contributed by atoms with van der Waals surface area (Å²) in [7, 11) is 1.94. The van der Waals surface area contributed by atoms with Gasteiger partial charge in [0.05, 0.1) is 12.3 Å². The van der Waals surface area contributed by atoms with E-state index in [4.69, 9.17) is 5.11 Å². The summed E-state index contributed by atoms with van der Waals surface area (Å²) in [5.41, 5.74) is 3.25. The number of aromatic nitrogens is 2.